The van der Waals surface area contributed by atoms with Crippen LogP contribution in [0.1, 0.15) is 5.56 Å². The second kappa shape index (κ2) is 4.13. The molecule has 2 nitrogen and oxygen atoms in total. The quantitative estimate of drug-likeness (QED) is 0.688. The van der Waals surface area contributed by atoms with Crippen LogP contribution in [0.3, 0.4) is 0 Å². The Kier molecular flexibility index (Phi) is 3.11. The lowest BCUT2D eigenvalue weighted by Gasteiger charge is -2.00. The molecule has 0 amide bonds. The Morgan fingerprint density at radius 2 is 1.91 bits per heavy atom. The van der Waals surface area contributed by atoms with Crippen LogP contribution in [0.25, 0.3) is 0 Å². The van der Waals surface area contributed by atoms with Crippen molar-refractivity contribution in [3.63, 3.8) is 0 Å². The van der Waals surface area contributed by atoms with Crippen LogP contribution in [0.2, 0.25) is 0 Å². The Balaban J connectivity index is 2.52. The number of benzene rings is 1. The minimum absolute atomic E-state index is 0.435. The molecular formula is C8H10NOS-. The van der Waals surface area contributed by atoms with Gasteiger partial charge in [0.25, 0.3) is 0 Å². The number of rotatable bonds is 3. The molecule has 0 aliphatic carbocycles. The van der Waals surface area contributed by atoms with Gasteiger partial charge in [-0.15, -0.1) is 0 Å². The first-order valence-electron chi connectivity index (χ1n) is 3.42. The Morgan fingerprint density at radius 1 is 1.27 bits per heavy atom. The van der Waals surface area contributed by atoms with Crippen molar-refractivity contribution in [1.82, 2.24) is 0 Å². The molecule has 1 aromatic rings. The first-order chi connectivity index (χ1) is 5.29. The summed E-state index contributed by atoms with van der Waals surface area (Å²) >= 11 is 0. The molecule has 0 spiro atoms. The molecule has 0 bridgehead atoms. The molecule has 0 unspecified atom stereocenters. The molecule has 60 valence electrons. The van der Waals surface area contributed by atoms with Crippen LogP contribution in [0.5, 0.6) is 0 Å². The van der Waals surface area contributed by atoms with E-state index in [4.69, 9.17) is 4.78 Å². The highest BCUT2D eigenvalue weighted by Gasteiger charge is 1.85. The third-order valence-corrected chi connectivity index (χ3v) is 1.99. The van der Waals surface area contributed by atoms with Gasteiger partial charge in [0.2, 0.25) is 0 Å². The van der Waals surface area contributed by atoms with E-state index >= 15 is 0 Å². The fourth-order valence-electron chi connectivity index (χ4n) is 0.855. The zero-order valence-electron chi connectivity index (χ0n) is 6.12. The molecule has 0 saturated heterocycles. The maximum absolute atomic E-state index is 10.4. The molecule has 0 saturated carbocycles. The number of aryl methyl sites for hydroxylation is 1. The smallest absolute Gasteiger partial charge is 0.0431 e. The minimum atomic E-state index is -1.42. The maximum atomic E-state index is 10.4. The monoisotopic (exact) mass is 168 g/mol. The van der Waals surface area contributed by atoms with Gasteiger partial charge in [0.1, 0.15) is 0 Å². The van der Waals surface area contributed by atoms with Crippen molar-refractivity contribution in [1.29, 1.82) is 4.78 Å². The lowest BCUT2D eigenvalue weighted by atomic mass is 10.2. The molecule has 1 aromatic carbocycles. The molecule has 1 N–H and O–H groups in total. The Bertz CT molecular complexity index is 271. The van der Waals surface area contributed by atoms with Gasteiger partial charge < -0.3 is 8.99 Å². The first-order valence-corrected chi connectivity index (χ1v) is 4.74. The van der Waals surface area contributed by atoms with E-state index in [1.165, 1.54) is 0 Å². The summed E-state index contributed by atoms with van der Waals surface area (Å²) in [6.07, 6.45) is 0.733. The number of hydrogen-bond donors (Lipinski definition) is 1. The van der Waals surface area contributed by atoms with E-state index in [-0.39, 0.29) is 0 Å². The van der Waals surface area contributed by atoms with Gasteiger partial charge in [0.05, 0.1) is 0 Å². The Labute approximate surface area is 68.3 Å². The predicted octanol–water partition coefficient (Wildman–Crippen LogP) is 1.96. The third kappa shape index (κ3) is 3.18. The fraction of sp³-hybridized carbons (Fsp3) is 0.250. The molecule has 0 fully saturated rings. The Morgan fingerprint density at radius 3 is 2.45 bits per heavy atom. The van der Waals surface area contributed by atoms with E-state index in [0.29, 0.717) is 5.75 Å². The van der Waals surface area contributed by atoms with Crippen molar-refractivity contribution in [3.05, 3.63) is 35.9 Å². The maximum Gasteiger partial charge on any atom is -0.0431 e. The standard InChI is InChI=1S/C8H10NOS/c9-11(10)7-6-8-4-2-1-3-5-8/h1-5,9H,6-7H2/q-1. The summed E-state index contributed by atoms with van der Waals surface area (Å²) < 4.78 is 17.2. The highest BCUT2D eigenvalue weighted by Crippen LogP contribution is 1.98. The van der Waals surface area contributed by atoms with Crippen molar-refractivity contribution in [2.24, 2.45) is 0 Å². The lowest BCUT2D eigenvalue weighted by Crippen LogP contribution is -1.91. The van der Waals surface area contributed by atoms with Gasteiger partial charge in [0.15, 0.2) is 0 Å². The van der Waals surface area contributed by atoms with Gasteiger partial charge >= 0.3 is 0 Å². The summed E-state index contributed by atoms with van der Waals surface area (Å²) in [5.74, 6) is 0.435. The van der Waals surface area contributed by atoms with Gasteiger partial charge in [-0.3, -0.25) is 0 Å². The molecule has 0 aliphatic heterocycles. The SMILES string of the molecule is N=[S-](=O)CCc1ccccc1. The van der Waals surface area contributed by atoms with Gasteiger partial charge in [0, 0.05) is 0 Å². The second-order valence-corrected chi connectivity index (χ2v) is 3.38. The van der Waals surface area contributed by atoms with Gasteiger partial charge in [-0.1, -0.05) is 36.1 Å². The van der Waals surface area contributed by atoms with Crippen LogP contribution in [0.4, 0.5) is 0 Å². The van der Waals surface area contributed by atoms with Crippen LogP contribution in [0.15, 0.2) is 30.3 Å². The van der Waals surface area contributed by atoms with E-state index in [1.54, 1.807) is 0 Å². The van der Waals surface area contributed by atoms with Crippen molar-refractivity contribution < 1.29 is 4.21 Å². The highest BCUT2D eigenvalue weighted by molar-refractivity contribution is 7.73. The van der Waals surface area contributed by atoms with Crippen LogP contribution < -0.4 is 0 Å². The molecule has 0 atom stereocenters. The molecule has 1 rings (SSSR count). The summed E-state index contributed by atoms with van der Waals surface area (Å²) in [4.78, 5) is 0. The van der Waals surface area contributed by atoms with Gasteiger partial charge in [-0.05, 0) is 12.0 Å². The third-order valence-electron chi connectivity index (χ3n) is 1.42. The van der Waals surface area contributed by atoms with E-state index in [1.807, 2.05) is 30.3 Å². The van der Waals surface area contributed by atoms with Gasteiger partial charge in [-0.25, -0.2) is 0 Å². The van der Waals surface area contributed by atoms with Crippen molar-refractivity contribution in [2.45, 2.75) is 6.42 Å². The largest absolute Gasteiger partial charge is 0.445 e. The first kappa shape index (κ1) is 8.27. The molecule has 0 radical (unpaired) electrons. The fourth-order valence-corrected chi connectivity index (χ4v) is 1.28. The molecular weight excluding hydrogens is 158 g/mol. The van der Waals surface area contributed by atoms with Crippen LogP contribution in [0, 0.1) is 4.78 Å². The zero-order chi connectivity index (χ0) is 8.10. The average Bonchev–Trinajstić information content (AvgIpc) is 2.03. The molecule has 0 heterocycles. The summed E-state index contributed by atoms with van der Waals surface area (Å²) in [5.41, 5.74) is 1.15. The molecule has 11 heavy (non-hydrogen) atoms. The van der Waals surface area contributed by atoms with E-state index in [2.05, 4.69) is 0 Å². The van der Waals surface area contributed by atoms with Crippen molar-refractivity contribution in [3.8, 4) is 0 Å². The minimum Gasteiger partial charge on any atom is -0.445 e. The normalized spacial score (nSPS) is 10.3. The van der Waals surface area contributed by atoms with Crippen LogP contribution in [-0.2, 0) is 21.2 Å². The van der Waals surface area contributed by atoms with Crippen molar-refractivity contribution in [2.75, 3.05) is 5.75 Å². The highest BCUT2D eigenvalue weighted by atomic mass is 32.2. The predicted molar refractivity (Wildman–Crippen MR) is 45.8 cm³/mol. The van der Waals surface area contributed by atoms with E-state index < -0.39 is 10.6 Å². The summed E-state index contributed by atoms with van der Waals surface area (Å²) in [7, 11) is -1.42. The topological polar surface area (TPSA) is 40.9 Å². The Hall–Kier alpha value is -0.830. The average molecular weight is 168 g/mol. The molecule has 0 aliphatic rings. The summed E-state index contributed by atoms with van der Waals surface area (Å²) in [6, 6.07) is 9.80. The zero-order valence-corrected chi connectivity index (χ0v) is 6.93. The number of hydrogen-bond acceptors (Lipinski definition) is 3. The van der Waals surface area contributed by atoms with E-state index in [0.717, 1.165) is 12.0 Å². The second-order valence-electron chi connectivity index (χ2n) is 2.29. The van der Waals surface area contributed by atoms with Crippen LogP contribution >= 0.6 is 0 Å². The molecule has 0 aromatic heterocycles. The summed E-state index contributed by atoms with van der Waals surface area (Å²) in [6.45, 7) is 0. The number of nitrogens with one attached hydrogen (secondary N) is 1. The summed E-state index contributed by atoms with van der Waals surface area (Å²) in [5, 5.41) is 0. The van der Waals surface area contributed by atoms with Gasteiger partial charge in [-0.2, -0.15) is 10.6 Å². The van der Waals surface area contributed by atoms with Crippen LogP contribution in [-0.4, -0.2) is 5.75 Å². The lowest BCUT2D eigenvalue weighted by molar-refractivity contribution is 0.598. The van der Waals surface area contributed by atoms with E-state index in [9.17, 15) is 4.21 Å². The molecule has 3 heteroatoms. The van der Waals surface area contributed by atoms with Crippen molar-refractivity contribution >= 4 is 10.6 Å².